The zero-order chi connectivity index (χ0) is 16.8. The molecule has 1 fully saturated rings. The fourth-order valence-corrected chi connectivity index (χ4v) is 2.93. The van der Waals surface area contributed by atoms with E-state index in [1.165, 1.54) is 6.26 Å². The number of benzene rings is 1. The summed E-state index contributed by atoms with van der Waals surface area (Å²) in [5, 5.41) is 3.81. The monoisotopic (exact) mass is 329 g/mol. The average molecular weight is 329 g/mol. The molecule has 0 unspecified atom stereocenters. The van der Waals surface area contributed by atoms with Gasteiger partial charge >= 0.3 is 0 Å². The van der Waals surface area contributed by atoms with Crippen LogP contribution in [0.5, 0.6) is 0 Å². The van der Waals surface area contributed by atoms with E-state index in [1.54, 1.807) is 6.07 Å². The molecule has 1 aromatic heterocycles. The SMILES string of the molecule is C[C@@H](CN1CCOCC1)N(Cc1ccccc1)C(=O)c1ccon1. The predicted octanol–water partition coefficient (Wildman–Crippen LogP) is 2.04. The van der Waals surface area contributed by atoms with Gasteiger partial charge in [-0.3, -0.25) is 9.69 Å². The molecular formula is C18H23N3O3. The van der Waals surface area contributed by atoms with Crippen molar-refractivity contribution in [3.63, 3.8) is 0 Å². The fraction of sp³-hybridized carbons (Fsp3) is 0.444. The van der Waals surface area contributed by atoms with Crippen molar-refractivity contribution in [1.29, 1.82) is 0 Å². The molecule has 1 aromatic carbocycles. The molecule has 1 amide bonds. The summed E-state index contributed by atoms with van der Waals surface area (Å²) in [5.41, 5.74) is 1.45. The third-order valence-corrected chi connectivity index (χ3v) is 4.27. The van der Waals surface area contributed by atoms with E-state index >= 15 is 0 Å². The minimum atomic E-state index is -0.103. The second kappa shape index (κ2) is 8.08. The normalized spacial score (nSPS) is 16.7. The lowest BCUT2D eigenvalue weighted by molar-refractivity contribution is 0.0226. The summed E-state index contributed by atoms with van der Waals surface area (Å²) in [4.78, 5) is 17.1. The summed E-state index contributed by atoms with van der Waals surface area (Å²) in [6.07, 6.45) is 1.43. The minimum absolute atomic E-state index is 0.0625. The Labute approximate surface area is 142 Å². The number of nitrogens with zero attached hydrogens (tertiary/aromatic N) is 3. The second-order valence-corrected chi connectivity index (χ2v) is 6.07. The molecule has 1 aliphatic heterocycles. The molecule has 0 bridgehead atoms. The number of rotatable bonds is 6. The van der Waals surface area contributed by atoms with Gasteiger partial charge in [0.1, 0.15) is 6.26 Å². The smallest absolute Gasteiger partial charge is 0.276 e. The van der Waals surface area contributed by atoms with Crippen LogP contribution in [0.2, 0.25) is 0 Å². The van der Waals surface area contributed by atoms with Crippen molar-refractivity contribution in [2.24, 2.45) is 0 Å². The molecule has 0 N–H and O–H groups in total. The molecule has 1 aliphatic rings. The Morgan fingerprint density at radius 2 is 2.00 bits per heavy atom. The highest BCUT2D eigenvalue weighted by Gasteiger charge is 2.26. The van der Waals surface area contributed by atoms with Crippen molar-refractivity contribution in [1.82, 2.24) is 15.0 Å². The van der Waals surface area contributed by atoms with Crippen LogP contribution >= 0.6 is 0 Å². The van der Waals surface area contributed by atoms with E-state index in [2.05, 4.69) is 17.0 Å². The van der Waals surface area contributed by atoms with E-state index in [0.717, 1.165) is 38.4 Å². The number of ether oxygens (including phenoxy) is 1. The van der Waals surface area contributed by atoms with Crippen molar-refractivity contribution >= 4 is 5.91 Å². The third-order valence-electron chi connectivity index (χ3n) is 4.27. The van der Waals surface area contributed by atoms with Crippen molar-refractivity contribution in [3.8, 4) is 0 Å². The van der Waals surface area contributed by atoms with Gasteiger partial charge in [0, 0.05) is 38.3 Å². The van der Waals surface area contributed by atoms with Crippen LogP contribution in [0.1, 0.15) is 23.0 Å². The van der Waals surface area contributed by atoms with Crippen LogP contribution < -0.4 is 0 Å². The molecular weight excluding hydrogens is 306 g/mol. The fourth-order valence-electron chi connectivity index (χ4n) is 2.93. The molecule has 2 heterocycles. The largest absolute Gasteiger partial charge is 0.379 e. The number of carbonyl (C=O) groups excluding carboxylic acids is 1. The molecule has 6 nitrogen and oxygen atoms in total. The number of carbonyl (C=O) groups is 1. The van der Waals surface area contributed by atoms with Gasteiger partial charge in [-0.25, -0.2) is 0 Å². The van der Waals surface area contributed by atoms with Gasteiger partial charge in [-0.05, 0) is 12.5 Å². The summed E-state index contributed by atoms with van der Waals surface area (Å²) in [6.45, 7) is 6.77. The van der Waals surface area contributed by atoms with Crippen molar-refractivity contribution in [3.05, 3.63) is 53.9 Å². The Kier molecular flexibility index (Phi) is 5.61. The summed E-state index contributed by atoms with van der Waals surface area (Å²) < 4.78 is 10.2. The number of morpholine rings is 1. The molecule has 0 spiro atoms. The molecule has 6 heteroatoms. The van der Waals surface area contributed by atoms with Crippen LogP contribution in [0.4, 0.5) is 0 Å². The zero-order valence-corrected chi connectivity index (χ0v) is 13.9. The van der Waals surface area contributed by atoms with Crippen LogP contribution in [0.15, 0.2) is 47.2 Å². The molecule has 1 saturated heterocycles. The van der Waals surface area contributed by atoms with Gasteiger partial charge < -0.3 is 14.2 Å². The lowest BCUT2D eigenvalue weighted by Gasteiger charge is -2.34. The van der Waals surface area contributed by atoms with Gasteiger partial charge in [-0.2, -0.15) is 0 Å². The van der Waals surface area contributed by atoms with E-state index in [1.807, 2.05) is 35.2 Å². The standard InChI is InChI=1S/C18H23N3O3/c1-15(13-20-8-11-23-12-9-20)21(14-16-5-3-2-4-6-16)18(22)17-7-10-24-19-17/h2-7,10,15H,8-9,11-14H2,1H3/t15-/m0/s1. The first-order valence-corrected chi connectivity index (χ1v) is 8.29. The van der Waals surface area contributed by atoms with E-state index in [9.17, 15) is 4.79 Å². The molecule has 0 radical (unpaired) electrons. The van der Waals surface area contributed by atoms with Crippen molar-refractivity contribution in [2.75, 3.05) is 32.8 Å². The number of amides is 1. The maximum Gasteiger partial charge on any atom is 0.276 e. The first-order chi connectivity index (χ1) is 11.7. The Balaban J connectivity index is 1.74. The lowest BCUT2D eigenvalue weighted by atomic mass is 10.1. The minimum Gasteiger partial charge on any atom is -0.379 e. The summed E-state index contributed by atoms with van der Waals surface area (Å²) in [6, 6.07) is 11.7. The van der Waals surface area contributed by atoms with Gasteiger partial charge in [0.25, 0.3) is 5.91 Å². The van der Waals surface area contributed by atoms with Gasteiger partial charge in [0.2, 0.25) is 0 Å². The number of aromatic nitrogens is 1. The average Bonchev–Trinajstić information content (AvgIpc) is 3.15. The molecule has 128 valence electrons. The van der Waals surface area contributed by atoms with Crippen LogP contribution in [0, 0.1) is 0 Å². The highest BCUT2D eigenvalue weighted by atomic mass is 16.5. The summed E-state index contributed by atoms with van der Waals surface area (Å²) in [7, 11) is 0. The van der Waals surface area contributed by atoms with Gasteiger partial charge in [0.15, 0.2) is 5.69 Å². The van der Waals surface area contributed by atoms with Gasteiger partial charge in [-0.1, -0.05) is 35.5 Å². The molecule has 1 atom stereocenters. The lowest BCUT2D eigenvalue weighted by Crippen LogP contribution is -2.48. The Morgan fingerprint density at radius 3 is 2.67 bits per heavy atom. The Hall–Kier alpha value is -2.18. The van der Waals surface area contributed by atoms with Crippen LogP contribution in [0.3, 0.4) is 0 Å². The summed E-state index contributed by atoms with van der Waals surface area (Å²) >= 11 is 0. The van der Waals surface area contributed by atoms with E-state index in [0.29, 0.717) is 12.2 Å². The van der Waals surface area contributed by atoms with Crippen LogP contribution in [0.25, 0.3) is 0 Å². The van der Waals surface area contributed by atoms with Crippen molar-refractivity contribution in [2.45, 2.75) is 19.5 Å². The summed E-state index contributed by atoms with van der Waals surface area (Å²) in [5.74, 6) is -0.103. The van der Waals surface area contributed by atoms with E-state index in [4.69, 9.17) is 9.26 Å². The number of hydrogen-bond donors (Lipinski definition) is 0. The first-order valence-electron chi connectivity index (χ1n) is 8.29. The maximum absolute atomic E-state index is 12.9. The molecule has 2 aromatic rings. The molecule has 3 rings (SSSR count). The second-order valence-electron chi connectivity index (χ2n) is 6.07. The topological polar surface area (TPSA) is 58.8 Å². The highest BCUT2D eigenvalue weighted by Crippen LogP contribution is 2.14. The molecule has 0 saturated carbocycles. The third kappa shape index (κ3) is 4.21. The predicted molar refractivity (Wildman–Crippen MR) is 89.5 cm³/mol. The van der Waals surface area contributed by atoms with Gasteiger partial charge in [-0.15, -0.1) is 0 Å². The quantitative estimate of drug-likeness (QED) is 0.812. The van der Waals surface area contributed by atoms with Crippen LogP contribution in [-0.2, 0) is 11.3 Å². The van der Waals surface area contributed by atoms with Crippen molar-refractivity contribution < 1.29 is 14.1 Å². The zero-order valence-electron chi connectivity index (χ0n) is 13.9. The van der Waals surface area contributed by atoms with Gasteiger partial charge in [0.05, 0.1) is 13.2 Å². The molecule has 0 aliphatic carbocycles. The van der Waals surface area contributed by atoms with Crippen LogP contribution in [-0.4, -0.2) is 59.8 Å². The Bertz CT molecular complexity index is 624. The highest BCUT2D eigenvalue weighted by molar-refractivity contribution is 5.92. The number of hydrogen-bond acceptors (Lipinski definition) is 5. The van der Waals surface area contributed by atoms with E-state index in [-0.39, 0.29) is 11.9 Å². The van der Waals surface area contributed by atoms with E-state index < -0.39 is 0 Å². The maximum atomic E-state index is 12.9. The molecule has 24 heavy (non-hydrogen) atoms. The Morgan fingerprint density at radius 1 is 1.25 bits per heavy atom. The first kappa shape index (κ1) is 16.7.